The molecule has 0 aliphatic carbocycles. The molecule has 0 saturated carbocycles. The van der Waals surface area contributed by atoms with Crippen LogP contribution < -0.4 is 9.47 Å². The number of ether oxygens (including phenoxy) is 2. The van der Waals surface area contributed by atoms with Crippen molar-refractivity contribution in [2.75, 3.05) is 33.3 Å². The molecule has 2 aromatic carbocycles. The number of piperazine rings is 1. The number of halogens is 2. The monoisotopic (exact) mass is 418 g/mol. The lowest BCUT2D eigenvalue weighted by Gasteiger charge is -2.35. The standard InChI is InChI=1S/C23H28F2N2O3/c1-16(2)18-6-4-17(5-7-18)15-26-10-12-27(13-11-26)22(28)19-8-9-20(30-23(24)25)21(14-19)29-3/h4-9,14,16,23H,10-13,15H2,1-3H3. The lowest BCUT2D eigenvalue weighted by molar-refractivity contribution is -0.0512. The molecule has 0 N–H and O–H groups in total. The van der Waals surface area contributed by atoms with Crippen LogP contribution in [0, 0.1) is 0 Å². The first kappa shape index (κ1) is 22.0. The van der Waals surface area contributed by atoms with Gasteiger partial charge in [-0.3, -0.25) is 9.69 Å². The van der Waals surface area contributed by atoms with Crippen molar-refractivity contribution in [3.05, 3.63) is 59.2 Å². The molecule has 5 nitrogen and oxygen atoms in total. The maximum atomic E-state index is 12.8. The molecule has 1 saturated heterocycles. The third-order valence-corrected chi connectivity index (χ3v) is 5.34. The lowest BCUT2D eigenvalue weighted by Crippen LogP contribution is -2.48. The van der Waals surface area contributed by atoms with Crippen LogP contribution >= 0.6 is 0 Å². The van der Waals surface area contributed by atoms with Crippen LogP contribution in [0.15, 0.2) is 42.5 Å². The number of alkyl halides is 2. The van der Waals surface area contributed by atoms with Crippen LogP contribution in [0.5, 0.6) is 11.5 Å². The van der Waals surface area contributed by atoms with Crippen molar-refractivity contribution in [3.63, 3.8) is 0 Å². The van der Waals surface area contributed by atoms with Crippen molar-refractivity contribution in [1.29, 1.82) is 0 Å². The summed E-state index contributed by atoms with van der Waals surface area (Å²) in [6.45, 7) is 5.05. The minimum atomic E-state index is -2.95. The second-order valence-electron chi connectivity index (χ2n) is 7.71. The van der Waals surface area contributed by atoms with E-state index in [0.29, 0.717) is 24.6 Å². The fourth-order valence-corrected chi connectivity index (χ4v) is 3.55. The van der Waals surface area contributed by atoms with Gasteiger partial charge in [-0.05, 0) is 35.2 Å². The van der Waals surface area contributed by atoms with E-state index in [0.717, 1.165) is 19.6 Å². The summed E-state index contributed by atoms with van der Waals surface area (Å²) in [7, 11) is 1.36. The fourth-order valence-electron chi connectivity index (χ4n) is 3.55. The number of amides is 1. The molecule has 0 aromatic heterocycles. The molecule has 162 valence electrons. The summed E-state index contributed by atoms with van der Waals surface area (Å²) in [5.74, 6) is 0.406. The number of hydrogen-bond donors (Lipinski definition) is 0. The molecular weight excluding hydrogens is 390 g/mol. The van der Waals surface area contributed by atoms with Gasteiger partial charge in [-0.25, -0.2) is 0 Å². The summed E-state index contributed by atoms with van der Waals surface area (Å²) in [5, 5.41) is 0. The molecule has 1 fully saturated rings. The van der Waals surface area contributed by atoms with Crippen LogP contribution in [-0.2, 0) is 6.54 Å². The van der Waals surface area contributed by atoms with E-state index in [9.17, 15) is 13.6 Å². The van der Waals surface area contributed by atoms with Crippen LogP contribution in [0.2, 0.25) is 0 Å². The largest absolute Gasteiger partial charge is 0.493 e. The third kappa shape index (κ3) is 5.48. The number of methoxy groups -OCH3 is 1. The molecule has 0 spiro atoms. The Balaban J connectivity index is 1.57. The molecule has 1 aliphatic rings. The number of hydrogen-bond acceptors (Lipinski definition) is 4. The molecule has 0 bridgehead atoms. The molecule has 0 radical (unpaired) electrons. The van der Waals surface area contributed by atoms with Crippen LogP contribution in [-0.4, -0.2) is 55.6 Å². The van der Waals surface area contributed by atoms with Crippen LogP contribution in [0.3, 0.4) is 0 Å². The fraction of sp³-hybridized carbons (Fsp3) is 0.435. The van der Waals surface area contributed by atoms with E-state index in [-0.39, 0.29) is 17.4 Å². The van der Waals surface area contributed by atoms with Crippen LogP contribution in [0.25, 0.3) is 0 Å². The highest BCUT2D eigenvalue weighted by atomic mass is 19.3. The summed E-state index contributed by atoms with van der Waals surface area (Å²) in [6.07, 6.45) is 0. The zero-order valence-electron chi connectivity index (χ0n) is 17.6. The van der Waals surface area contributed by atoms with Crippen molar-refractivity contribution in [3.8, 4) is 11.5 Å². The molecule has 0 unspecified atom stereocenters. The van der Waals surface area contributed by atoms with E-state index in [4.69, 9.17) is 4.74 Å². The van der Waals surface area contributed by atoms with Gasteiger partial charge < -0.3 is 14.4 Å². The Morgan fingerprint density at radius 2 is 1.67 bits per heavy atom. The second-order valence-corrected chi connectivity index (χ2v) is 7.71. The normalized spacial score (nSPS) is 15.0. The number of nitrogens with zero attached hydrogens (tertiary/aromatic N) is 2. The first-order valence-corrected chi connectivity index (χ1v) is 10.1. The number of rotatable bonds is 7. The van der Waals surface area contributed by atoms with Gasteiger partial charge in [-0.15, -0.1) is 0 Å². The first-order valence-electron chi connectivity index (χ1n) is 10.1. The summed E-state index contributed by atoms with van der Waals surface area (Å²) < 4.78 is 34.5. The van der Waals surface area contributed by atoms with Crippen molar-refractivity contribution < 1.29 is 23.0 Å². The Kier molecular flexibility index (Phi) is 7.26. The van der Waals surface area contributed by atoms with E-state index in [1.165, 1.54) is 36.4 Å². The minimum absolute atomic E-state index is 0.0858. The zero-order chi connectivity index (χ0) is 21.7. The van der Waals surface area contributed by atoms with Gasteiger partial charge in [0.2, 0.25) is 0 Å². The van der Waals surface area contributed by atoms with Gasteiger partial charge in [-0.2, -0.15) is 8.78 Å². The summed E-state index contributed by atoms with van der Waals surface area (Å²) >= 11 is 0. The maximum absolute atomic E-state index is 12.8. The molecular formula is C23H28F2N2O3. The van der Waals surface area contributed by atoms with E-state index in [2.05, 4.69) is 47.7 Å². The Morgan fingerprint density at radius 1 is 1.00 bits per heavy atom. The average molecular weight is 418 g/mol. The molecule has 30 heavy (non-hydrogen) atoms. The number of carbonyl (C=O) groups excluding carboxylic acids is 1. The van der Waals surface area contributed by atoms with Crippen LogP contribution in [0.4, 0.5) is 8.78 Å². The van der Waals surface area contributed by atoms with Gasteiger partial charge in [0, 0.05) is 38.3 Å². The van der Waals surface area contributed by atoms with Gasteiger partial charge in [-0.1, -0.05) is 38.1 Å². The van der Waals surface area contributed by atoms with Gasteiger partial charge in [0.25, 0.3) is 5.91 Å². The summed E-state index contributed by atoms with van der Waals surface area (Å²) in [4.78, 5) is 16.9. The van der Waals surface area contributed by atoms with E-state index in [1.54, 1.807) is 4.90 Å². The molecule has 0 atom stereocenters. The van der Waals surface area contributed by atoms with Gasteiger partial charge in [0.05, 0.1) is 7.11 Å². The highest BCUT2D eigenvalue weighted by Crippen LogP contribution is 2.30. The molecule has 1 heterocycles. The quantitative estimate of drug-likeness (QED) is 0.669. The Labute approximate surface area is 176 Å². The van der Waals surface area contributed by atoms with Crippen molar-refractivity contribution in [2.45, 2.75) is 32.9 Å². The summed E-state index contributed by atoms with van der Waals surface area (Å²) in [5.41, 5.74) is 2.99. The van der Waals surface area contributed by atoms with Crippen LogP contribution in [0.1, 0.15) is 41.3 Å². The SMILES string of the molecule is COc1cc(C(=O)N2CCN(Cc3ccc(C(C)C)cc3)CC2)ccc1OC(F)F. The molecule has 7 heteroatoms. The highest BCUT2D eigenvalue weighted by Gasteiger charge is 2.23. The molecule has 1 amide bonds. The van der Waals surface area contributed by atoms with E-state index in [1.807, 2.05) is 0 Å². The number of carbonyl (C=O) groups is 1. The van der Waals surface area contributed by atoms with E-state index >= 15 is 0 Å². The Hall–Kier alpha value is -2.67. The molecule has 2 aromatic rings. The predicted molar refractivity (Wildman–Crippen MR) is 111 cm³/mol. The first-order chi connectivity index (χ1) is 14.4. The van der Waals surface area contributed by atoms with Crippen molar-refractivity contribution in [1.82, 2.24) is 9.80 Å². The van der Waals surface area contributed by atoms with Gasteiger partial charge >= 0.3 is 6.61 Å². The smallest absolute Gasteiger partial charge is 0.387 e. The second kappa shape index (κ2) is 9.89. The highest BCUT2D eigenvalue weighted by molar-refractivity contribution is 5.95. The van der Waals surface area contributed by atoms with Crippen molar-refractivity contribution >= 4 is 5.91 Å². The molecule has 3 rings (SSSR count). The minimum Gasteiger partial charge on any atom is -0.493 e. The zero-order valence-corrected chi connectivity index (χ0v) is 17.6. The topological polar surface area (TPSA) is 42.0 Å². The predicted octanol–water partition coefficient (Wildman–Crippen LogP) is 4.38. The Bertz CT molecular complexity index is 848. The average Bonchev–Trinajstić information content (AvgIpc) is 2.74. The van der Waals surface area contributed by atoms with E-state index < -0.39 is 6.61 Å². The van der Waals surface area contributed by atoms with Crippen molar-refractivity contribution in [2.24, 2.45) is 0 Å². The Morgan fingerprint density at radius 3 is 2.23 bits per heavy atom. The third-order valence-electron chi connectivity index (χ3n) is 5.34. The lowest BCUT2D eigenvalue weighted by atomic mass is 10.0. The van der Waals surface area contributed by atoms with Gasteiger partial charge in [0.15, 0.2) is 11.5 Å². The van der Waals surface area contributed by atoms with Gasteiger partial charge in [0.1, 0.15) is 0 Å². The molecule has 1 aliphatic heterocycles. The number of benzene rings is 2. The summed E-state index contributed by atoms with van der Waals surface area (Å²) in [6, 6.07) is 13.0. The maximum Gasteiger partial charge on any atom is 0.387 e.